The molecule has 2 aromatic heterocycles. The zero-order valence-electron chi connectivity index (χ0n) is 29.6. The maximum Gasteiger partial charge on any atom is 0.407 e. The average Bonchev–Trinajstić information content (AvgIpc) is 3.59. The van der Waals surface area contributed by atoms with Gasteiger partial charge in [0, 0.05) is 42.5 Å². The molecule has 258 valence electrons. The summed E-state index contributed by atoms with van der Waals surface area (Å²) in [5.74, 6) is 1.67. The molecule has 1 aromatic carbocycles. The minimum atomic E-state index is -0.377. The van der Waals surface area contributed by atoms with Crippen LogP contribution >= 0.6 is 0 Å². The van der Waals surface area contributed by atoms with Crippen LogP contribution in [0.4, 0.5) is 10.6 Å². The lowest BCUT2D eigenvalue weighted by Gasteiger charge is -2.55. The highest BCUT2D eigenvalue weighted by Crippen LogP contribution is 2.58. The summed E-state index contributed by atoms with van der Waals surface area (Å²) in [6.45, 7) is 10.9. The number of pyridine rings is 1. The Kier molecular flexibility index (Phi) is 9.86. The Hall–Kier alpha value is -3.88. The fourth-order valence-electron chi connectivity index (χ4n) is 8.33. The SMILES string of the molecule is COc1ccc(C23CCC(CN(C(=O)C4CCC(OC(=O)NC(C)C)CC4)c4cc(-c5cnn(C(C)C)c5)ccn4)(CC2)CC3)cc1C. The third kappa shape index (κ3) is 7.10. The van der Waals surface area contributed by atoms with Crippen molar-refractivity contribution in [3.05, 3.63) is 60.0 Å². The fraction of sp³-hybridized carbons (Fsp3) is 0.590. The van der Waals surface area contributed by atoms with Gasteiger partial charge in [-0.25, -0.2) is 9.78 Å². The smallest absolute Gasteiger partial charge is 0.407 e. The first-order valence-corrected chi connectivity index (χ1v) is 17.9. The lowest BCUT2D eigenvalue weighted by atomic mass is 9.51. The van der Waals surface area contributed by atoms with E-state index in [1.165, 1.54) is 11.1 Å². The van der Waals surface area contributed by atoms with E-state index >= 15 is 0 Å². The summed E-state index contributed by atoms with van der Waals surface area (Å²) in [7, 11) is 1.73. The molecular weight excluding hydrogens is 602 g/mol. The van der Waals surface area contributed by atoms with Gasteiger partial charge in [-0.2, -0.15) is 5.10 Å². The number of nitrogens with zero attached hydrogens (tertiary/aromatic N) is 4. The lowest BCUT2D eigenvalue weighted by Crippen LogP contribution is -2.52. The molecule has 2 amide bonds. The first kappa shape index (κ1) is 34.0. The zero-order valence-corrected chi connectivity index (χ0v) is 29.6. The molecule has 0 radical (unpaired) electrons. The second-order valence-electron chi connectivity index (χ2n) is 15.3. The molecule has 2 heterocycles. The van der Waals surface area contributed by atoms with Crippen molar-refractivity contribution in [1.29, 1.82) is 0 Å². The number of carbonyl (C=O) groups excluding carboxylic acids is 2. The van der Waals surface area contributed by atoms with Crippen molar-refractivity contribution in [3.63, 3.8) is 0 Å². The third-order valence-electron chi connectivity index (χ3n) is 11.4. The van der Waals surface area contributed by atoms with E-state index in [-0.39, 0.29) is 46.9 Å². The molecule has 0 aliphatic heterocycles. The van der Waals surface area contributed by atoms with Crippen LogP contribution in [0.15, 0.2) is 48.9 Å². The van der Waals surface area contributed by atoms with Gasteiger partial charge in [-0.3, -0.25) is 14.4 Å². The van der Waals surface area contributed by atoms with Crippen molar-refractivity contribution in [2.24, 2.45) is 11.3 Å². The van der Waals surface area contributed by atoms with Gasteiger partial charge in [-0.15, -0.1) is 0 Å². The summed E-state index contributed by atoms with van der Waals surface area (Å²) in [6.07, 6.45) is 14.7. The highest BCUT2D eigenvalue weighted by molar-refractivity contribution is 5.95. The number of hydrogen-bond donors (Lipinski definition) is 1. The van der Waals surface area contributed by atoms with Crippen LogP contribution in [0, 0.1) is 18.3 Å². The van der Waals surface area contributed by atoms with E-state index in [2.05, 4.69) is 61.6 Å². The number of ether oxygens (including phenoxy) is 2. The second-order valence-corrected chi connectivity index (χ2v) is 15.3. The summed E-state index contributed by atoms with van der Waals surface area (Å²) in [6, 6.07) is 11.1. The maximum atomic E-state index is 14.6. The Balaban J connectivity index is 1.22. The molecule has 0 spiro atoms. The number of fused-ring (bicyclic) bond motifs is 3. The van der Waals surface area contributed by atoms with Crippen LogP contribution in [-0.2, 0) is 14.9 Å². The summed E-state index contributed by atoms with van der Waals surface area (Å²) in [4.78, 5) is 33.7. The molecule has 1 N–H and O–H groups in total. The maximum absolute atomic E-state index is 14.6. The predicted octanol–water partition coefficient (Wildman–Crippen LogP) is 8.16. The second kappa shape index (κ2) is 13.9. The summed E-state index contributed by atoms with van der Waals surface area (Å²) in [5, 5.41) is 7.37. The number of rotatable bonds is 10. The van der Waals surface area contributed by atoms with Gasteiger partial charge in [0.05, 0.1) is 13.3 Å². The standard InChI is InChI=1S/C39H53N5O4/c1-26(2)42-37(46)48-33-10-7-29(8-11-33)36(45)43(35-22-30(13-20-40-35)31-23-41-44(24-31)27(3)4)25-38-14-17-39(18-15-38,19-16-38)32-9-12-34(47-6)28(5)21-32/h9,12-13,20-24,26-27,29,33H,7-8,10-11,14-19,25H2,1-6H3,(H,42,46). The van der Waals surface area contributed by atoms with Gasteiger partial charge in [-0.05, 0) is 145 Å². The molecule has 3 aromatic rings. The molecule has 4 fully saturated rings. The summed E-state index contributed by atoms with van der Waals surface area (Å²) >= 11 is 0. The normalized spacial score (nSPS) is 25.2. The van der Waals surface area contributed by atoms with Gasteiger partial charge in [0.25, 0.3) is 0 Å². The van der Waals surface area contributed by atoms with E-state index < -0.39 is 0 Å². The van der Waals surface area contributed by atoms with Gasteiger partial charge in [0.15, 0.2) is 0 Å². The minimum Gasteiger partial charge on any atom is -0.496 e. The molecule has 4 aliphatic carbocycles. The molecule has 4 saturated carbocycles. The van der Waals surface area contributed by atoms with E-state index in [0.29, 0.717) is 38.0 Å². The number of anilines is 1. The number of aryl methyl sites for hydroxylation is 1. The first-order valence-electron chi connectivity index (χ1n) is 17.9. The molecule has 4 aliphatic rings. The topological polar surface area (TPSA) is 98.6 Å². The summed E-state index contributed by atoms with van der Waals surface area (Å²) < 4.78 is 13.2. The monoisotopic (exact) mass is 655 g/mol. The third-order valence-corrected chi connectivity index (χ3v) is 11.4. The van der Waals surface area contributed by atoms with Gasteiger partial charge < -0.3 is 14.8 Å². The van der Waals surface area contributed by atoms with Crippen molar-refractivity contribution in [3.8, 4) is 16.9 Å². The Morgan fingerprint density at radius 2 is 1.69 bits per heavy atom. The van der Waals surface area contributed by atoms with E-state index in [1.54, 1.807) is 7.11 Å². The number of benzene rings is 1. The number of alkyl carbamates (subject to hydrolysis) is 1. The van der Waals surface area contributed by atoms with Gasteiger partial charge >= 0.3 is 6.09 Å². The zero-order chi connectivity index (χ0) is 34.1. The first-order chi connectivity index (χ1) is 23.0. The number of nitrogens with one attached hydrogen (secondary N) is 1. The van der Waals surface area contributed by atoms with E-state index in [9.17, 15) is 9.59 Å². The van der Waals surface area contributed by atoms with E-state index in [4.69, 9.17) is 14.5 Å². The van der Waals surface area contributed by atoms with Gasteiger partial charge in [-0.1, -0.05) is 12.1 Å². The number of hydrogen-bond acceptors (Lipinski definition) is 6. The van der Waals surface area contributed by atoms with Crippen LogP contribution in [0.3, 0.4) is 0 Å². The Morgan fingerprint density at radius 1 is 0.979 bits per heavy atom. The highest BCUT2D eigenvalue weighted by Gasteiger charge is 2.51. The Labute approximate surface area is 285 Å². The van der Waals surface area contributed by atoms with Crippen LogP contribution in [0.5, 0.6) is 5.75 Å². The highest BCUT2D eigenvalue weighted by atomic mass is 16.6. The number of carbonyl (C=O) groups is 2. The van der Waals surface area contributed by atoms with Crippen LogP contribution < -0.4 is 15.0 Å². The molecule has 9 heteroatoms. The molecule has 9 nitrogen and oxygen atoms in total. The van der Waals surface area contributed by atoms with Gasteiger partial charge in [0.2, 0.25) is 5.91 Å². The molecule has 0 saturated heterocycles. The van der Waals surface area contributed by atoms with Crippen LogP contribution in [0.25, 0.3) is 11.1 Å². The van der Waals surface area contributed by atoms with Crippen molar-refractivity contribution in [2.45, 2.75) is 122 Å². The molecule has 0 unspecified atom stereocenters. The van der Waals surface area contributed by atoms with Crippen molar-refractivity contribution in [2.75, 3.05) is 18.6 Å². The number of aromatic nitrogens is 3. The lowest BCUT2D eigenvalue weighted by molar-refractivity contribution is -0.124. The van der Waals surface area contributed by atoms with Crippen molar-refractivity contribution < 1.29 is 19.1 Å². The molecule has 7 rings (SSSR count). The van der Waals surface area contributed by atoms with Gasteiger partial charge in [0.1, 0.15) is 17.7 Å². The molecular formula is C39H53N5O4. The Bertz CT molecular complexity index is 1580. The number of methoxy groups -OCH3 is 1. The molecule has 48 heavy (non-hydrogen) atoms. The minimum absolute atomic E-state index is 0.0244. The predicted molar refractivity (Wildman–Crippen MR) is 188 cm³/mol. The molecule has 2 bridgehead atoms. The van der Waals surface area contributed by atoms with Crippen molar-refractivity contribution >= 4 is 17.8 Å². The van der Waals surface area contributed by atoms with E-state index in [1.807, 2.05) is 41.9 Å². The van der Waals surface area contributed by atoms with E-state index in [0.717, 1.165) is 55.4 Å². The number of amides is 2. The largest absolute Gasteiger partial charge is 0.496 e. The Morgan fingerprint density at radius 3 is 2.29 bits per heavy atom. The van der Waals surface area contributed by atoms with Crippen LogP contribution in [0.1, 0.15) is 109 Å². The molecule has 0 atom stereocenters. The van der Waals surface area contributed by atoms with Crippen LogP contribution in [0.2, 0.25) is 0 Å². The fourth-order valence-corrected chi connectivity index (χ4v) is 8.33. The van der Waals surface area contributed by atoms with Crippen LogP contribution in [-0.4, -0.2) is 52.6 Å². The average molecular weight is 656 g/mol. The summed E-state index contributed by atoms with van der Waals surface area (Å²) in [5.41, 5.74) is 4.91. The quantitative estimate of drug-likeness (QED) is 0.237. The van der Waals surface area contributed by atoms with Crippen molar-refractivity contribution in [1.82, 2.24) is 20.1 Å².